The molecule has 3 aliphatic rings. The van der Waals surface area contributed by atoms with Crippen LogP contribution >= 0.6 is 0 Å². The van der Waals surface area contributed by atoms with E-state index in [2.05, 4.69) is 156 Å². The summed E-state index contributed by atoms with van der Waals surface area (Å²) in [5, 5.41) is 8.04. The fourth-order valence-corrected chi connectivity index (χ4v) is 8.01. The second kappa shape index (κ2) is 13.8. The maximum Gasteiger partial charge on any atom is 2.00 e. The SMILES string of the molecule is C1=C(c2ccccc2)C2Cc3cc(-c4ccccc4)c([n-]3)CC3C=C(c4ccccc4)C(Cc4cc(-c5ccccc5)c([n-]4)CC1N2)N3.[Mg+2]. The molecule has 4 nitrogen and oxygen atoms in total. The Morgan fingerprint density at radius 2 is 0.776 bits per heavy atom. The van der Waals surface area contributed by atoms with E-state index in [1.165, 1.54) is 44.5 Å². The molecule has 0 amide bonds. The van der Waals surface area contributed by atoms with Gasteiger partial charge in [0.05, 0.1) is 0 Å². The molecule has 6 aromatic rings. The molecule has 5 heteroatoms. The Labute approximate surface area is 304 Å². The van der Waals surface area contributed by atoms with Crippen LogP contribution in [0.4, 0.5) is 0 Å². The van der Waals surface area contributed by atoms with E-state index in [9.17, 15) is 0 Å². The zero-order chi connectivity index (χ0) is 31.9. The van der Waals surface area contributed by atoms with Gasteiger partial charge in [-0.2, -0.15) is 11.4 Å². The van der Waals surface area contributed by atoms with Crippen molar-refractivity contribution in [1.82, 2.24) is 20.6 Å². The van der Waals surface area contributed by atoms with Crippen molar-refractivity contribution in [1.29, 1.82) is 0 Å². The van der Waals surface area contributed by atoms with Crippen molar-refractivity contribution in [3.05, 3.63) is 180 Å². The van der Waals surface area contributed by atoms with Gasteiger partial charge in [-0.15, -0.1) is 11.4 Å². The molecule has 236 valence electrons. The number of benzene rings is 4. The first kappa shape index (κ1) is 31.8. The minimum atomic E-state index is 0. The summed E-state index contributed by atoms with van der Waals surface area (Å²) in [5.41, 5.74) is 14.7. The van der Waals surface area contributed by atoms with Gasteiger partial charge in [0.15, 0.2) is 0 Å². The van der Waals surface area contributed by atoms with Crippen molar-refractivity contribution in [2.45, 2.75) is 49.9 Å². The van der Waals surface area contributed by atoms with Crippen LogP contribution in [-0.4, -0.2) is 47.2 Å². The van der Waals surface area contributed by atoms with Crippen molar-refractivity contribution >= 4 is 34.2 Å². The minimum Gasteiger partial charge on any atom is -0.664 e. The normalized spacial score (nSPS) is 21.5. The molecule has 8 bridgehead atoms. The van der Waals surface area contributed by atoms with Gasteiger partial charge in [-0.1, -0.05) is 146 Å². The molecule has 0 saturated carbocycles. The predicted octanol–water partition coefficient (Wildman–Crippen LogP) is 7.29. The first-order valence-corrected chi connectivity index (χ1v) is 17.2. The van der Waals surface area contributed by atoms with Crippen LogP contribution in [0.2, 0.25) is 0 Å². The quantitative estimate of drug-likeness (QED) is 0.198. The Bertz CT molecular complexity index is 1940. The van der Waals surface area contributed by atoms with Crippen LogP contribution in [0.25, 0.3) is 33.4 Å². The number of hydrogen-bond donors (Lipinski definition) is 2. The third kappa shape index (κ3) is 6.52. The largest absolute Gasteiger partial charge is 2.00 e. The van der Waals surface area contributed by atoms with Gasteiger partial charge in [-0.3, -0.25) is 0 Å². The molecular formula is C44H38MgN4. The monoisotopic (exact) mass is 646 g/mol. The Balaban J connectivity index is 0.00000348. The van der Waals surface area contributed by atoms with Crippen molar-refractivity contribution in [2.75, 3.05) is 0 Å². The molecule has 9 rings (SSSR count). The second-order valence-corrected chi connectivity index (χ2v) is 13.4. The Morgan fingerprint density at radius 3 is 1.14 bits per heavy atom. The van der Waals surface area contributed by atoms with E-state index in [-0.39, 0.29) is 47.2 Å². The molecule has 4 aromatic carbocycles. The van der Waals surface area contributed by atoms with Crippen LogP contribution in [-0.2, 0) is 25.7 Å². The van der Waals surface area contributed by atoms with Crippen molar-refractivity contribution in [3.63, 3.8) is 0 Å². The zero-order valence-corrected chi connectivity index (χ0v) is 29.0. The second-order valence-electron chi connectivity index (χ2n) is 13.4. The summed E-state index contributed by atoms with van der Waals surface area (Å²) in [6.45, 7) is 0. The van der Waals surface area contributed by atoms with Gasteiger partial charge in [0.1, 0.15) is 0 Å². The minimum absolute atomic E-state index is 0. The molecule has 4 atom stereocenters. The summed E-state index contributed by atoms with van der Waals surface area (Å²) < 4.78 is 0. The average molecular weight is 647 g/mol. The van der Waals surface area contributed by atoms with E-state index in [0.717, 1.165) is 48.5 Å². The van der Waals surface area contributed by atoms with Gasteiger partial charge in [-0.25, -0.2) is 0 Å². The number of nitrogens with zero attached hydrogens (tertiary/aromatic N) is 2. The van der Waals surface area contributed by atoms with Crippen molar-refractivity contribution in [3.8, 4) is 22.3 Å². The molecule has 4 unspecified atom stereocenters. The number of fused-ring (bicyclic) bond motifs is 8. The van der Waals surface area contributed by atoms with E-state index in [4.69, 9.17) is 9.97 Å². The Kier molecular flexibility index (Phi) is 9.00. The predicted molar refractivity (Wildman–Crippen MR) is 201 cm³/mol. The summed E-state index contributed by atoms with van der Waals surface area (Å²) in [4.78, 5) is 10.8. The summed E-state index contributed by atoms with van der Waals surface area (Å²) in [6, 6.07) is 48.6. The van der Waals surface area contributed by atoms with Gasteiger partial charge in [-0.05, 0) is 70.2 Å². The van der Waals surface area contributed by atoms with Gasteiger partial charge in [0.25, 0.3) is 0 Å². The standard InChI is InChI=1S/C44H38N4.Mg/c1-5-13-29(14-6-1)37-21-33-26-42-39(31-17-9-3-10-18-31)23-35(47-42)28-44-40(32-19-11-4-12-20-32)24-36(48-44)27-43-38(30-15-7-2-8-16-30)22-34(46-43)25-41(37)45-33;/h1-24,33,36,41,44-45,48H,25-28H2;/q-2;+2. The van der Waals surface area contributed by atoms with E-state index >= 15 is 0 Å². The van der Waals surface area contributed by atoms with Crippen LogP contribution in [0, 0.1) is 0 Å². The van der Waals surface area contributed by atoms with Crippen molar-refractivity contribution < 1.29 is 0 Å². The topological polar surface area (TPSA) is 52.3 Å². The molecule has 0 radical (unpaired) electrons. The van der Waals surface area contributed by atoms with Crippen LogP contribution in [0.1, 0.15) is 33.9 Å². The first-order valence-electron chi connectivity index (χ1n) is 17.2. The fraction of sp³-hybridized carbons (Fsp3) is 0.182. The maximum atomic E-state index is 5.39. The molecule has 0 aliphatic carbocycles. The number of hydrogen-bond acceptors (Lipinski definition) is 2. The van der Waals surface area contributed by atoms with Crippen LogP contribution in [0.3, 0.4) is 0 Å². The smallest absolute Gasteiger partial charge is 0.664 e. The van der Waals surface area contributed by atoms with E-state index in [1.54, 1.807) is 0 Å². The van der Waals surface area contributed by atoms with E-state index in [1.807, 2.05) is 0 Å². The molecule has 5 heterocycles. The van der Waals surface area contributed by atoms with Crippen LogP contribution in [0.15, 0.2) is 146 Å². The van der Waals surface area contributed by atoms with Crippen molar-refractivity contribution in [2.24, 2.45) is 0 Å². The average Bonchev–Trinajstić information content (AvgIpc) is 3.92. The van der Waals surface area contributed by atoms with E-state index in [0.29, 0.717) is 0 Å². The van der Waals surface area contributed by atoms with Gasteiger partial charge in [0.2, 0.25) is 0 Å². The number of nitrogens with one attached hydrogen (secondary N) is 2. The first-order chi connectivity index (χ1) is 23.7. The molecule has 2 N–H and O–H groups in total. The molecule has 0 fully saturated rings. The Hall–Kier alpha value is -4.39. The summed E-state index contributed by atoms with van der Waals surface area (Å²) >= 11 is 0. The maximum absolute atomic E-state index is 5.39. The fourth-order valence-electron chi connectivity index (χ4n) is 8.01. The van der Waals surface area contributed by atoms with Crippen LogP contribution in [0.5, 0.6) is 0 Å². The summed E-state index contributed by atoms with van der Waals surface area (Å²) in [5.74, 6) is 0. The zero-order valence-electron chi connectivity index (χ0n) is 27.6. The van der Waals surface area contributed by atoms with Gasteiger partial charge < -0.3 is 20.6 Å². The Morgan fingerprint density at radius 1 is 0.429 bits per heavy atom. The van der Waals surface area contributed by atoms with Crippen LogP contribution < -0.4 is 20.6 Å². The molecule has 0 spiro atoms. The molecule has 49 heavy (non-hydrogen) atoms. The van der Waals surface area contributed by atoms with Gasteiger partial charge in [0, 0.05) is 24.2 Å². The molecule has 3 aliphatic heterocycles. The molecule has 0 saturated heterocycles. The summed E-state index contributed by atoms with van der Waals surface area (Å²) in [7, 11) is 0. The number of rotatable bonds is 4. The number of aromatic nitrogens is 2. The molecular weight excluding hydrogens is 609 g/mol. The third-order valence-corrected chi connectivity index (χ3v) is 10.2. The van der Waals surface area contributed by atoms with Gasteiger partial charge >= 0.3 is 23.1 Å². The van der Waals surface area contributed by atoms with E-state index < -0.39 is 0 Å². The third-order valence-electron chi connectivity index (χ3n) is 10.2. The summed E-state index contributed by atoms with van der Waals surface area (Å²) in [6.07, 6.45) is 8.20. The molecule has 2 aromatic heterocycles.